The van der Waals surface area contributed by atoms with Crippen molar-refractivity contribution >= 4 is 5.91 Å². The van der Waals surface area contributed by atoms with E-state index in [-0.39, 0.29) is 23.3 Å². The van der Waals surface area contributed by atoms with Crippen molar-refractivity contribution in [3.63, 3.8) is 0 Å². The minimum atomic E-state index is 0.181. The van der Waals surface area contributed by atoms with Gasteiger partial charge in [-0.1, -0.05) is 13.8 Å². The molecule has 3 nitrogen and oxygen atoms in total. The molecule has 2 saturated carbocycles. The Labute approximate surface area is 85.4 Å². The van der Waals surface area contributed by atoms with Crippen LogP contribution in [0.25, 0.3) is 0 Å². The quantitative estimate of drug-likeness (QED) is 0.701. The lowest BCUT2D eigenvalue weighted by atomic mass is 10.1. The van der Waals surface area contributed by atoms with Crippen LogP contribution in [0.15, 0.2) is 0 Å². The summed E-state index contributed by atoms with van der Waals surface area (Å²) in [5.74, 6) is 1.10. The first-order valence-corrected chi connectivity index (χ1v) is 5.54. The van der Waals surface area contributed by atoms with Crippen LogP contribution in [-0.4, -0.2) is 18.5 Å². The Hall–Kier alpha value is -0.570. The van der Waals surface area contributed by atoms with Crippen LogP contribution in [0.4, 0.5) is 0 Å². The molecule has 0 spiro atoms. The number of nitrogens with two attached hydrogens (primary N) is 1. The molecule has 2 atom stereocenters. The Kier molecular flexibility index (Phi) is 2.30. The van der Waals surface area contributed by atoms with Crippen molar-refractivity contribution in [2.45, 2.75) is 39.2 Å². The normalized spacial score (nSPS) is 30.9. The molecule has 14 heavy (non-hydrogen) atoms. The molecule has 0 aromatic heterocycles. The molecule has 3 N–H and O–H groups in total. The largest absolute Gasteiger partial charge is 0.354 e. The molecule has 0 aromatic carbocycles. The van der Waals surface area contributed by atoms with Crippen LogP contribution in [-0.2, 0) is 4.79 Å². The van der Waals surface area contributed by atoms with Gasteiger partial charge in [0.2, 0.25) is 5.91 Å². The number of carbonyl (C=O) groups excluding carboxylic acids is 1. The predicted molar refractivity (Wildman–Crippen MR) is 55.6 cm³/mol. The Morgan fingerprint density at radius 2 is 2.14 bits per heavy atom. The molecule has 0 aromatic rings. The van der Waals surface area contributed by atoms with Crippen molar-refractivity contribution in [1.29, 1.82) is 0 Å². The van der Waals surface area contributed by atoms with Gasteiger partial charge in [-0.2, -0.15) is 0 Å². The van der Waals surface area contributed by atoms with Gasteiger partial charge in [0.15, 0.2) is 0 Å². The van der Waals surface area contributed by atoms with Crippen LogP contribution in [0.1, 0.15) is 33.1 Å². The first-order valence-electron chi connectivity index (χ1n) is 5.54. The lowest BCUT2D eigenvalue weighted by Gasteiger charge is -2.12. The van der Waals surface area contributed by atoms with E-state index in [1.165, 1.54) is 12.8 Å². The zero-order chi connectivity index (χ0) is 10.3. The summed E-state index contributed by atoms with van der Waals surface area (Å²) in [6, 6.07) is 0.181. The summed E-state index contributed by atoms with van der Waals surface area (Å²) < 4.78 is 0. The highest BCUT2D eigenvalue weighted by Crippen LogP contribution is 2.51. The molecular formula is C11H20N2O. The fourth-order valence-corrected chi connectivity index (χ4v) is 1.95. The molecule has 1 amide bonds. The maximum atomic E-state index is 11.6. The molecule has 80 valence electrons. The van der Waals surface area contributed by atoms with E-state index in [4.69, 9.17) is 5.73 Å². The maximum Gasteiger partial charge on any atom is 0.223 e. The zero-order valence-electron chi connectivity index (χ0n) is 9.05. The van der Waals surface area contributed by atoms with Crippen LogP contribution < -0.4 is 11.1 Å². The Balaban J connectivity index is 1.68. The second-order valence-electron chi connectivity index (χ2n) is 5.49. The minimum absolute atomic E-state index is 0.181. The van der Waals surface area contributed by atoms with Gasteiger partial charge in [-0.05, 0) is 30.6 Å². The van der Waals surface area contributed by atoms with Crippen LogP contribution in [0, 0.1) is 17.3 Å². The summed E-state index contributed by atoms with van der Waals surface area (Å²) in [7, 11) is 0. The van der Waals surface area contributed by atoms with Gasteiger partial charge in [-0.25, -0.2) is 0 Å². The number of hydrogen-bond acceptors (Lipinski definition) is 2. The summed E-state index contributed by atoms with van der Waals surface area (Å²) in [4.78, 5) is 11.6. The molecule has 2 rings (SSSR count). The number of hydrogen-bond donors (Lipinski definition) is 2. The van der Waals surface area contributed by atoms with Gasteiger partial charge in [-0.15, -0.1) is 0 Å². The van der Waals surface area contributed by atoms with Gasteiger partial charge in [-0.3, -0.25) is 4.79 Å². The van der Waals surface area contributed by atoms with Gasteiger partial charge in [0, 0.05) is 18.5 Å². The van der Waals surface area contributed by atoms with Crippen molar-refractivity contribution in [3.05, 3.63) is 0 Å². The molecule has 2 fully saturated rings. The number of rotatable bonds is 4. The summed E-state index contributed by atoms with van der Waals surface area (Å²) in [6.07, 6.45) is 3.51. The monoisotopic (exact) mass is 196 g/mol. The fourth-order valence-electron chi connectivity index (χ4n) is 1.95. The Morgan fingerprint density at radius 3 is 2.57 bits per heavy atom. The predicted octanol–water partition coefficient (Wildman–Crippen LogP) is 0.886. The van der Waals surface area contributed by atoms with Gasteiger partial charge in [0.1, 0.15) is 0 Å². The minimum Gasteiger partial charge on any atom is -0.354 e. The van der Waals surface area contributed by atoms with E-state index in [2.05, 4.69) is 19.2 Å². The fraction of sp³-hybridized carbons (Fsp3) is 0.909. The highest BCUT2D eigenvalue weighted by atomic mass is 16.2. The average Bonchev–Trinajstić information content (AvgIpc) is 2.96. The van der Waals surface area contributed by atoms with Crippen molar-refractivity contribution in [3.8, 4) is 0 Å². The van der Waals surface area contributed by atoms with Gasteiger partial charge in [0.05, 0.1) is 0 Å². The lowest BCUT2D eigenvalue weighted by Crippen LogP contribution is -2.39. The van der Waals surface area contributed by atoms with Gasteiger partial charge < -0.3 is 11.1 Å². The topological polar surface area (TPSA) is 55.1 Å². The van der Waals surface area contributed by atoms with E-state index >= 15 is 0 Å². The SMILES string of the molecule is CC1(C)CC1C(=O)NCC(N)C1CC1. The Bertz CT molecular complexity index is 246. The molecule has 0 saturated heterocycles. The number of nitrogens with one attached hydrogen (secondary N) is 1. The van der Waals surface area contributed by atoms with Crippen LogP contribution in [0.2, 0.25) is 0 Å². The molecule has 2 aliphatic carbocycles. The molecule has 0 heterocycles. The van der Waals surface area contributed by atoms with Crippen molar-refractivity contribution < 1.29 is 4.79 Å². The number of amides is 1. The van der Waals surface area contributed by atoms with E-state index in [1.807, 2.05) is 0 Å². The second kappa shape index (κ2) is 3.23. The van der Waals surface area contributed by atoms with Gasteiger partial charge in [0.25, 0.3) is 0 Å². The summed E-state index contributed by atoms with van der Waals surface area (Å²) in [6.45, 7) is 4.94. The maximum absolute atomic E-state index is 11.6. The summed E-state index contributed by atoms with van der Waals surface area (Å²) in [5.41, 5.74) is 6.13. The van der Waals surface area contributed by atoms with Crippen molar-refractivity contribution in [2.24, 2.45) is 23.0 Å². The molecule has 0 bridgehead atoms. The highest BCUT2D eigenvalue weighted by Gasteiger charge is 2.50. The van der Waals surface area contributed by atoms with E-state index in [0.717, 1.165) is 6.42 Å². The Morgan fingerprint density at radius 1 is 1.57 bits per heavy atom. The first-order chi connectivity index (χ1) is 6.50. The standard InChI is InChI=1S/C11H20N2O/c1-11(2)5-8(11)10(14)13-6-9(12)7-3-4-7/h7-9H,3-6,12H2,1-2H3,(H,13,14). The lowest BCUT2D eigenvalue weighted by molar-refractivity contribution is -0.123. The van der Waals surface area contributed by atoms with Crippen molar-refractivity contribution in [1.82, 2.24) is 5.32 Å². The average molecular weight is 196 g/mol. The van der Waals surface area contributed by atoms with E-state index in [0.29, 0.717) is 12.5 Å². The molecule has 2 aliphatic rings. The summed E-state index contributed by atoms with van der Waals surface area (Å²) >= 11 is 0. The number of carbonyl (C=O) groups is 1. The third-order valence-corrected chi connectivity index (χ3v) is 3.57. The van der Waals surface area contributed by atoms with Gasteiger partial charge >= 0.3 is 0 Å². The first kappa shape index (κ1) is 9.97. The smallest absolute Gasteiger partial charge is 0.223 e. The third-order valence-electron chi connectivity index (χ3n) is 3.57. The second-order valence-corrected chi connectivity index (χ2v) is 5.49. The highest BCUT2D eigenvalue weighted by molar-refractivity contribution is 5.82. The molecule has 0 radical (unpaired) electrons. The van der Waals surface area contributed by atoms with E-state index in [1.54, 1.807) is 0 Å². The van der Waals surface area contributed by atoms with E-state index in [9.17, 15) is 4.79 Å². The molecular weight excluding hydrogens is 176 g/mol. The van der Waals surface area contributed by atoms with Crippen LogP contribution in [0.3, 0.4) is 0 Å². The summed E-state index contributed by atoms with van der Waals surface area (Å²) in [5, 5.41) is 2.96. The molecule has 3 heteroatoms. The zero-order valence-corrected chi connectivity index (χ0v) is 9.05. The molecule has 2 unspecified atom stereocenters. The van der Waals surface area contributed by atoms with E-state index < -0.39 is 0 Å². The molecule has 0 aliphatic heterocycles. The third kappa shape index (κ3) is 2.08. The van der Waals surface area contributed by atoms with Crippen LogP contribution >= 0.6 is 0 Å². The van der Waals surface area contributed by atoms with Crippen LogP contribution in [0.5, 0.6) is 0 Å². The van der Waals surface area contributed by atoms with Crippen molar-refractivity contribution in [2.75, 3.05) is 6.54 Å².